The molecule has 0 saturated heterocycles. The monoisotopic (exact) mass is 537 g/mol. The molecule has 1 fully saturated rings. The summed E-state index contributed by atoms with van der Waals surface area (Å²) in [4.78, 5) is 35.1. The summed E-state index contributed by atoms with van der Waals surface area (Å²) in [5.41, 5.74) is 3.94. The number of amides is 1. The van der Waals surface area contributed by atoms with Gasteiger partial charge < -0.3 is 20.1 Å². The largest absolute Gasteiger partial charge is 0.464 e. The Kier molecular flexibility index (Phi) is 6.09. The van der Waals surface area contributed by atoms with Crippen molar-refractivity contribution in [2.45, 2.75) is 51.2 Å². The predicted molar refractivity (Wildman–Crippen MR) is 152 cm³/mol. The van der Waals surface area contributed by atoms with E-state index in [2.05, 4.69) is 15.6 Å². The highest BCUT2D eigenvalue weighted by Gasteiger charge is 2.41. The Labute approximate surface area is 232 Å². The zero-order valence-electron chi connectivity index (χ0n) is 22.9. The van der Waals surface area contributed by atoms with Crippen molar-refractivity contribution in [3.63, 3.8) is 0 Å². The molecule has 2 aliphatic rings. The first-order valence-electron chi connectivity index (χ1n) is 13.3. The summed E-state index contributed by atoms with van der Waals surface area (Å²) in [5.74, 6) is 0.726. The lowest BCUT2D eigenvalue weighted by Gasteiger charge is -2.43. The maximum atomic E-state index is 13.1. The number of esters is 1. The fourth-order valence-electron chi connectivity index (χ4n) is 5.39. The van der Waals surface area contributed by atoms with Crippen molar-refractivity contribution < 1.29 is 19.1 Å². The van der Waals surface area contributed by atoms with Crippen LogP contribution in [0.3, 0.4) is 0 Å². The summed E-state index contributed by atoms with van der Waals surface area (Å²) in [7, 11) is 1.35. The average Bonchev–Trinajstić information content (AvgIpc) is 3.24. The van der Waals surface area contributed by atoms with Crippen molar-refractivity contribution in [1.29, 1.82) is 0 Å². The van der Waals surface area contributed by atoms with Gasteiger partial charge in [-0.25, -0.2) is 19.6 Å². The molecule has 3 heterocycles. The van der Waals surface area contributed by atoms with Crippen LogP contribution < -0.4 is 10.6 Å². The lowest BCUT2D eigenvalue weighted by atomic mass is 9.71. The maximum absolute atomic E-state index is 13.1. The number of fused-ring (bicyclic) bond motifs is 5. The van der Waals surface area contributed by atoms with E-state index in [4.69, 9.17) is 14.5 Å². The number of nitrogens with zero attached hydrogens (tertiary/aromatic N) is 3. The minimum atomic E-state index is -0.582. The number of pyridine rings is 1. The van der Waals surface area contributed by atoms with Crippen LogP contribution in [0.4, 0.5) is 16.3 Å². The van der Waals surface area contributed by atoms with Crippen LogP contribution in [0, 0.1) is 0 Å². The first-order chi connectivity index (χ1) is 19.2. The van der Waals surface area contributed by atoms with E-state index in [1.807, 2.05) is 86.0 Å². The van der Waals surface area contributed by atoms with E-state index in [1.54, 1.807) is 6.20 Å². The van der Waals surface area contributed by atoms with Gasteiger partial charge in [0.2, 0.25) is 0 Å². The quantitative estimate of drug-likeness (QED) is 0.257. The molecule has 2 aromatic heterocycles. The molecule has 0 spiro atoms. The summed E-state index contributed by atoms with van der Waals surface area (Å²) < 4.78 is 12.7. The second-order valence-electron chi connectivity index (χ2n) is 11.1. The second-order valence-corrected chi connectivity index (χ2v) is 11.1. The third-order valence-corrected chi connectivity index (χ3v) is 7.36. The Bertz CT molecular complexity index is 1610. The van der Waals surface area contributed by atoms with Crippen LogP contribution in [0.5, 0.6) is 0 Å². The van der Waals surface area contributed by atoms with Gasteiger partial charge in [-0.1, -0.05) is 36.4 Å². The highest BCUT2D eigenvalue weighted by Crippen LogP contribution is 2.44. The van der Waals surface area contributed by atoms with Crippen molar-refractivity contribution in [3.05, 3.63) is 78.1 Å². The number of ether oxygens (including phenoxy) is 2. The molecule has 0 unspecified atom stereocenters. The number of para-hydroxylation sites is 1. The van der Waals surface area contributed by atoms with Crippen molar-refractivity contribution >= 4 is 23.6 Å². The van der Waals surface area contributed by atoms with Crippen molar-refractivity contribution in [2.75, 3.05) is 12.4 Å². The highest BCUT2D eigenvalue weighted by molar-refractivity contribution is 5.98. The molecular formula is C31H31N5O4. The molecule has 40 heavy (non-hydrogen) atoms. The van der Waals surface area contributed by atoms with Gasteiger partial charge in [0.05, 0.1) is 29.7 Å². The number of carbonyl (C=O) groups is 2. The maximum Gasteiger partial charge on any atom is 0.408 e. The van der Waals surface area contributed by atoms with E-state index < -0.39 is 23.2 Å². The van der Waals surface area contributed by atoms with Gasteiger partial charge in [0.25, 0.3) is 0 Å². The van der Waals surface area contributed by atoms with E-state index in [-0.39, 0.29) is 5.69 Å². The molecule has 2 N–H and O–H groups in total. The second kappa shape index (κ2) is 9.51. The molecule has 6 rings (SSSR count). The molecule has 1 aliphatic carbocycles. The van der Waals surface area contributed by atoms with E-state index in [1.165, 1.54) is 7.11 Å². The van der Waals surface area contributed by atoms with E-state index >= 15 is 0 Å². The molecular weight excluding hydrogens is 506 g/mol. The van der Waals surface area contributed by atoms with Crippen LogP contribution in [0.25, 0.3) is 28.3 Å². The van der Waals surface area contributed by atoms with Crippen molar-refractivity contribution in [3.8, 4) is 28.3 Å². The molecule has 1 aliphatic heterocycles. The molecule has 0 atom stereocenters. The van der Waals surface area contributed by atoms with Gasteiger partial charge in [-0.15, -0.1) is 0 Å². The summed E-state index contributed by atoms with van der Waals surface area (Å²) in [6.45, 7) is 5.55. The molecule has 0 radical (unpaired) electrons. The van der Waals surface area contributed by atoms with E-state index in [9.17, 15) is 9.59 Å². The molecule has 9 nitrogen and oxygen atoms in total. The number of carbonyl (C=O) groups excluding carboxylic acids is 2. The Morgan fingerprint density at radius 3 is 2.45 bits per heavy atom. The van der Waals surface area contributed by atoms with E-state index in [0.29, 0.717) is 17.3 Å². The number of nitrogens with one attached hydrogen (secondary N) is 2. The van der Waals surface area contributed by atoms with Crippen LogP contribution in [-0.4, -0.2) is 39.3 Å². The fourth-order valence-corrected chi connectivity index (χ4v) is 5.39. The number of methoxy groups -OCH3 is 1. The molecule has 2 aromatic carbocycles. The lowest BCUT2D eigenvalue weighted by Crippen LogP contribution is -2.52. The first-order valence-corrected chi connectivity index (χ1v) is 13.3. The molecule has 4 aromatic rings. The van der Waals surface area contributed by atoms with Crippen molar-refractivity contribution in [1.82, 2.24) is 19.9 Å². The molecule has 1 saturated carbocycles. The topological polar surface area (TPSA) is 107 Å². The molecule has 204 valence electrons. The van der Waals surface area contributed by atoms with Gasteiger partial charge in [0.15, 0.2) is 11.5 Å². The predicted octanol–water partition coefficient (Wildman–Crippen LogP) is 6.35. The summed E-state index contributed by atoms with van der Waals surface area (Å²) >= 11 is 0. The normalized spacial score (nSPS) is 14.8. The van der Waals surface area contributed by atoms with Crippen LogP contribution in [-0.2, 0) is 15.0 Å². The molecule has 1 amide bonds. The number of benzene rings is 2. The third kappa shape index (κ3) is 4.37. The SMILES string of the molecule is COC(=O)c1nc2n(c1-c1ccc(C3(NC(=O)OC(C)(C)C)CCC3)cc1)-c1cccnc1Nc1ccccc1-2. The molecule has 0 bridgehead atoms. The standard InChI is InChI=1S/C31H31N5O4/c1-30(2,3)40-29(38)35-31(16-8-17-31)20-14-12-19(13-15-20)25-24(28(37)39-4)34-27-21-9-5-6-10-22(21)33-26-23(36(25)27)11-7-18-32-26/h5-7,9-15,18H,8,16-17H2,1-4H3,(H,32,33)(H,35,38). The van der Waals surface area contributed by atoms with Gasteiger partial charge in [-0.2, -0.15) is 0 Å². The lowest BCUT2D eigenvalue weighted by molar-refractivity contribution is 0.0377. The van der Waals surface area contributed by atoms with Gasteiger partial charge in [0, 0.05) is 17.3 Å². The van der Waals surface area contributed by atoms with Crippen LogP contribution in [0.2, 0.25) is 0 Å². The number of hydrogen-bond donors (Lipinski definition) is 2. The summed E-state index contributed by atoms with van der Waals surface area (Å²) in [6, 6.07) is 19.5. The number of aromatic nitrogens is 3. The van der Waals surface area contributed by atoms with Gasteiger partial charge in [0.1, 0.15) is 11.4 Å². The average molecular weight is 538 g/mol. The number of rotatable bonds is 4. The number of anilines is 2. The van der Waals surface area contributed by atoms with Gasteiger partial charge in [-0.05, 0) is 69.9 Å². The summed E-state index contributed by atoms with van der Waals surface area (Å²) in [6.07, 6.45) is 3.95. The van der Waals surface area contributed by atoms with Crippen LogP contribution in [0.1, 0.15) is 56.1 Å². The Balaban J connectivity index is 1.48. The van der Waals surface area contributed by atoms with Crippen LogP contribution in [0.15, 0.2) is 66.9 Å². The highest BCUT2D eigenvalue weighted by atomic mass is 16.6. The number of imidazole rings is 1. The minimum Gasteiger partial charge on any atom is -0.464 e. The van der Waals surface area contributed by atoms with Crippen LogP contribution >= 0.6 is 0 Å². The molecule has 9 heteroatoms. The Morgan fingerprint density at radius 1 is 1.02 bits per heavy atom. The zero-order chi connectivity index (χ0) is 28.1. The number of hydrogen-bond acceptors (Lipinski definition) is 7. The Hall–Kier alpha value is -4.66. The van der Waals surface area contributed by atoms with Gasteiger partial charge >= 0.3 is 12.1 Å². The smallest absolute Gasteiger partial charge is 0.408 e. The fraction of sp³-hybridized carbons (Fsp3) is 0.290. The zero-order valence-corrected chi connectivity index (χ0v) is 22.9. The number of alkyl carbamates (subject to hydrolysis) is 1. The first kappa shape index (κ1) is 25.6. The third-order valence-electron chi connectivity index (χ3n) is 7.36. The minimum absolute atomic E-state index is 0.210. The summed E-state index contributed by atoms with van der Waals surface area (Å²) in [5, 5.41) is 6.52. The van der Waals surface area contributed by atoms with Gasteiger partial charge in [-0.3, -0.25) is 4.57 Å². The Morgan fingerprint density at radius 2 is 1.77 bits per heavy atom. The van der Waals surface area contributed by atoms with Crippen molar-refractivity contribution in [2.24, 2.45) is 0 Å². The van der Waals surface area contributed by atoms with E-state index in [0.717, 1.165) is 47.3 Å².